The summed E-state index contributed by atoms with van der Waals surface area (Å²) in [4.78, 5) is 121. The van der Waals surface area contributed by atoms with Gasteiger partial charge in [0.1, 0.15) is 37.6 Å². The highest BCUT2D eigenvalue weighted by atomic mass is 79.9. The Kier molecular flexibility index (Phi) is 29.5. The van der Waals surface area contributed by atoms with Gasteiger partial charge in [-0.2, -0.15) is 0 Å². The van der Waals surface area contributed by atoms with Crippen molar-refractivity contribution in [3.8, 4) is 45.0 Å². The minimum absolute atomic E-state index is 0.182. The summed E-state index contributed by atoms with van der Waals surface area (Å²) >= 11 is 6.97. The maximum absolute atomic E-state index is 13.7. The van der Waals surface area contributed by atoms with E-state index >= 15 is 0 Å². The van der Waals surface area contributed by atoms with Gasteiger partial charge in [0.2, 0.25) is 0 Å². The van der Waals surface area contributed by atoms with Crippen LogP contribution >= 0.6 is 31.9 Å². The van der Waals surface area contributed by atoms with Gasteiger partial charge in [-0.15, -0.1) is 0 Å². The number of aromatic nitrogens is 20. The van der Waals surface area contributed by atoms with Gasteiger partial charge < -0.3 is 34.2 Å². The zero-order valence-electron chi connectivity index (χ0n) is 79.3. The number of pyridine rings is 8. The summed E-state index contributed by atoms with van der Waals surface area (Å²) in [6.07, 6.45) is 38.5. The van der Waals surface area contributed by atoms with Gasteiger partial charge in [-0.1, -0.05) is 24.3 Å². The first kappa shape index (κ1) is 95.6. The SMILES string of the molecule is Cc1cc(-c2ncc(CCc3nccn4c(Br)cnc34)cc2C)ccn1.Cc1cc(-c2ncc(CCc3nccn4c(N5CCNCC5)cnc34)cc2C)ccn1.Cc1cc(-c2ncc(CN(C(=O)OC(C)(C)C)c3nccn4c(Br)cnc34)cc2C)ccn1.Cc1cc(-c2ncc(CN(C(=O)OC(C)(C)C)c3nccn4c(N5CCN(C(=O)OC(C)(C)C)CC5)cnc34)cc2C)ccn1. The third-order valence-corrected chi connectivity index (χ3v) is 23.5. The van der Waals surface area contributed by atoms with Gasteiger partial charge in [-0.25, -0.2) is 44.3 Å². The van der Waals surface area contributed by atoms with Crippen molar-refractivity contribution >= 4 is 96.0 Å². The van der Waals surface area contributed by atoms with Gasteiger partial charge in [-0.3, -0.25) is 77.2 Å². The van der Waals surface area contributed by atoms with E-state index in [9.17, 15) is 14.4 Å². The molecule has 0 unspecified atom stereocenters. The Morgan fingerprint density at radius 3 is 1.07 bits per heavy atom. The molecule has 16 aromatic heterocycles. The van der Waals surface area contributed by atoms with Crippen LogP contribution in [0.4, 0.5) is 37.7 Å². The topological polar surface area (TPSA) is 331 Å². The molecular weight excluding hydrogens is 1830 g/mol. The van der Waals surface area contributed by atoms with Crippen molar-refractivity contribution in [2.45, 2.75) is 173 Å². The van der Waals surface area contributed by atoms with Crippen molar-refractivity contribution in [3.63, 3.8) is 0 Å². The van der Waals surface area contributed by atoms with E-state index in [-0.39, 0.29) is 19.2 Å². The Morgan fingerprint density at radius 1 is 0.348 bits per heavy atom. The number of hydrogen-bond acceptors (Lipinski definition) is 25. The van der Waals surface area contributed by atoms with Gasteiger partial charge >= 0.3 is 18.3 Å². The average molecular weight is 1950 g/mol. The number of hydrogen-bond donors (Lipinski definition) is 1. The second kappa shape index (κ2) is 41.7. The van der Waals surface area contributed by atoms with Crippen LogP contribution in [0, 0.1) is 55.4 Å². The fraction of sp³-hybridized carbons (Fsp3) is 0.337. The summed E-state index contributed by atoms with van der Waals surface area (Å²) in [6, 6.07) is 24.5. The zero-order chi connectivity index (χ0) is 95.6. The van der Waals surface area contributed by atoms with Crippen LogP contribution in [0.2, 0.25) is 0 Å². The highest BCUT2D eigenvalue weighted by Crippen LogP contribution is 2.34. The first-order valence-electron chi connectivity index (χ1n) is 44.9. The van der Waals surface area contributed by atoms with Crippen molar-refractivity contribution in [1.29, 1.82) is 0 Å². The lowest BCUT2D eigenvalue weighted by Gasteiger charge is -2.36. The molecule has 1 N–H and O–H groups in total. The van der Waals surface area contributed by atoms with Gasteiger partial charge in [0, 0.05) is 197 Å². The number of fused-ring (bicyclic) bond motifs is 4. The van der Waals surface area contributed by atoms with E-state index < -0.39 is 29.0 Å². The van der Waals surface area contributed by atoms with E-state index in [1.807, 2.05) is 228 Å². The van der Waals surface area contributed by atoms with Crippen LogP contribution < -0.4 is 24.9 Å². The second-order valence-corrected chi connectivity index (χ2v) is 38.1. The molecule has 2 aliphatic heterocycles. The summed E-state index contributed by atoms with van der Waals surface area (Å²) in [5.74, 6) is 2.77. The van der Waals surface area contributed by atoms with Gasteiger partial charge in [0.25, 0.3) is 0 Å². The highest BCUT2D eigenvalue weighted by molar-refractivity contribution is 9.10. The molecule has 18 heterocycles. The van der Waals surface area contributed by atoms with Crippen LogP contribution in [0.25, 0.3) is 67.6 Å². The molecule has 32 nitrogen and oxygen atoms in total. The Hall–Kier alpha value is -14.0. The van der Waals surface area contributed by atoms with Crippen LogP contribution in [-0.4, -0.2) is 190 Å². The number of anilines is 4. The summed E-state index contributed by atoms with van der Waals surface area (Å²) < 4.78 is 26.7. The van der Waals surface area contributed by atoms with E-state index in [0.717, 1.165) is 185 Å². The molecule has 2 aliphatic rings. The van der Waals surface area contributed by atoms with Gasteiger partial charge in [0.15, 0.2) is 34.2 Å². The predicted molar refractivity (Wildman–Crippen MR) is 530 cm³/mol. The summed E-state index contributed by atoms with van der Waals surface area (Å²) in [5, 5.41) is 3.40. The normalized spacial score (nSPS) is 13.0. The molecule has 3 amide bonds. The molecule has 0 spiro atoms. The zero-order valence-corrected chi connectivity index (χ0v) is 82.4. The van der Waals surface area contributed by atoms with Crippen LogP contribution in [0.15, 0.2) is 206 Å². The number of carbonyl (C=O) groups is 3. The first-order valence-corrected chi connectivity index (χ1v) is 46.5. The monoisotopic (exact) mass is 1940 g/mol. The lowest BCUT2D eigenvalue weighted by atomic mass is 10.0. The van der Waals surface area contributed by atoms with Gasteiger partial charge in [-0.05, 0) is 268 Å². The number of halogens is 2. The van der Waals surface area contributed by atoms with E-state index in [1.165, 1.54) is 32.1 Å². The molecule has 2 fully saturated rings. The van der Waals surface area contributed by atoms with Crippen LogP contribution in [0.1, 0.15) is 141 Å². The Labute approximate surface area is 801 Å². The number of carbonyl (C=O) groups excluding carboxylic acids is 3. The minimum Gasteiger partial charge on any atom is -0.444 e. The second-order valence-electron chi connectivity index (χ2n) is 36.5. The molecule has 0 aliphatic carbocycles. The van der Waals surface area contributed by atoms with Crippen molar-refractivity contribution in [3.05, 3.63) is 285 Å². The minimum atomic E-state index is -0.716. The number of piperazine rings is 2. The van der Waals surface area contributed by atoms with Crippen LogP contribution in [0.3, 0.4) is 0 Å². The largest absolute Gasteiger partial charge is 0.444 e. The van der Waals surface area contributed by atoms with E-state index in [1.54, 1.807) is 66.9 Å². The molecule has 34 heteroatoms. The highest BCUT2D eigenvalue weighted by Gasteiger charge is 2.33. The smallest absolute Gasteiger partial charge is 0.416 e. The van der Waals surface area contributed by atoms with Crippen LogP contribution in [-0.2, 0) is 53.0 Å². The molecule has 16 aromatic rings. The molecule has 0 radical (unpaired) electrons. The standard InChI is InChI=1S/C33H42N8O4.C24H25BrN6O2.C24H27N7.C20H18BrN5/c1-22-17-24(19-36-27(22)25-9-10-34-23(2)18-25)21-41(31(43)45-33(6,7)8)28-29-37-20-26(40(29)12-11-35-28)38-13-15-39(16-14-38)30(42)44-32(3,4)5;1-15-10-17(12-28-20(15)18-6-7-26-16(2)11-18)14-31(23(32)33-24(3,4)5)21-22-29-13-19(25)30(22)9-8-27-21;1-17-13-19(15-28-23(17)20-5-6-26-18(2)14-20)3-4-21-24-29-16-22(31(24)12-9-27-21)30-10-7-25-8-11-30;1-13-9-15(11-24-19(13)16-5-6-22-14(2)10-16)3-4-17-20-25-12-18(21)26(20)8-7-23-17/h9-12,17-20H,13-16,21H2,1-8H3;6-13H,14H2,1-5H3;5-6,9,12-16,25H,3-4,7-8,10-11H2,1-2H3;5-12H,3-4H2,1-2H3. The third-order valence-electron chi connectivity index (χ3n) is 22.3. The van der Waals surface area contributed by atoms with Crippen molar-refractivity contribution in [2.75, 3.05) is 72.0 Å². The average Bonchev–Trinajstić information content (AvgIpc) is 1.59. The molecule has 0 bridgehead atoms. The molecule has 0 aromatic carbocycles. The maximum Gasteiger partial charge on any atom is 0.416 e. The summed E-state index contributed by atoms with van der Waals surface area (Å²) in [6.45, 7) is 39.4. The number of rotatable bonds is 18. The first-order chi connectivity index (χ1) is 64.6. The van der Waals surface area contributed by atoms with E-state index in [0.29, 0.717) is 49.1 Å². The fourth-order valence-electron chi connectivity index (χ4n) is 16.1. The number of amides is 3. The molecule has 135 heavy (non-hydrogen) atoms. The molecular formula is C101H112Br2N26O6. The fourth-order valence-corrected chi connectivity index (χ4v) is 16.9. The Balaban J connectivity index is 0.000000140. The molecule has 0 atom stereocenters. The summed E-state index contributed by atoms with van der Waals surface area (Å²) in [7, 11) is 0. The number of ether oxygens (including phenoxy) is 3. The van der Waals surface area contributed by atoms with Gasteiger partial charge in [0.05, 0.1) is 72.0 Å². The quantitative estimate of drug-likeness (QED) is 0.0780. The summed E-state index contributed by atoms with van der Waals surface area (Å²) in [5.41, 5.74) is 23.2. The molecule has 696 valence electrons. The molecule has 0 saturated carbocycles. The van der Waals surface area contributed by atoms with Crippen LogP contribution in [0.5, 0.6) is 0 Å². The molecule has 18 rings (SSSR count). The predicted octanol–water partition coefficient (Wildman–Crippen LogP) is 18.7. The lowest BCUT2D eigenvalue weighted by molar-refractivity contribution is 0.0239. The number of nitrogens with one attached hydrogen (secondary N) is 1. The van der Waals surface area contributed by atoms with Crippen molar-refractivity contribution in [1.82, 2.24) is 108 Å². The van der Waals surface area contributed by atoms with E-state index in [4.69, 9.17) is 39.1 Å². The van der Waals surface area contributed by atoms with Crippen molar-refractivity contribution < 1.29 is 28.6 Å². The number of aryl methyl sites for hydroxylation is 12. The van der Waals surface area contributed by atoms with Crippen molar-refractivity contribution in [2.24, 2.45) is 0 Å². The lowest BCUT2D eigenvalue weighted by Crippen LogP contribution is -2.50. The Bertz CT molecular complexity index is 6960. The number of nitrogens with zero attached hydrogens (tertiary/aromatic N) is 25. The molecule has 2 saturated heterocycles. The third kappa shape index (κ3) is 23.8. The Morgan fingerprint density at radius 2 is 0.674 bits per heavy atom. The number of imidazole rings is 4. The maximum atomic E-state index is 13.7. The van der Waals surface area contributed by atoms with E-state index in [2.05, 4.69) is 144 Å².